The molecule has 1 N–H and O–H groups in total. The fourth-order valence-electron chi connectivity index (χ4n) is 2.40. The third-order valence-corrected chi connectivity index (χ3v) is 3.66. The van der Waals surface area contributed by atoms with Gasteiger partial charge in [0.1, 0.15) is 0 Å². The molecule has 0 amide bonds. The smallest absolute Gasteiger partial charge is 0.193 e. The van der Waals surface area contributed by atoms with E-state index in [0.717, 1.165) is 32.0 Å². The van der Waals surface area contributed by atoms with Gasteiger partial charge in [-0.15, -0.1) is 24.0 Å². The lowest BCUT2D eigenvalue weighted by atomic mass is 10.1. The van der Waals surface area contributed by atoms with Crippen molar-refractivity contribution in [2.24, 2.45) is 12.0 Å². The van der Waals surface area contributed by atoms with Crippen molar-refractivity contribution in [2.75, 3.05) is 20.1 Å². The fourth-order valence-corrected chi connectivity index (χ4v) is 2.40. The van der Waals surface area contributed by atoms with Gasteiger partial charge in [0, 0.05) is 39.9 Å². The van der Waals surface area contributed by atoms with Crippen LogP contribution in [0.25, 0.3) is 0 Å². The second-order valence-corrected chi connectivity index (χ2v) is 5.85. The molecule has 0 aliphatic rings. The van der Waals surface area contributed by atoms with E-state index < -0.39 is 0 Å². The maximum absolute atomic E-state index is 4.73. The summed E-state index contributed by atoms with van der Waals surface area (Å²) in [5, 5.41) is 7.55. The first-order valence-corrected chi connectivity index (χ1v) is 8.11. The Labute approximate surface area is 162 Å². The molecule has 0 spiro atoms. The summed E-state index contributed by atoms with van der Waals surface area (Å²) in [4.78, 5) is 6.89. The van der Waals surface area contributed by atoms with E-state index >= 15 is 0 Å². The summed E-state index contributed by atoms with van der Waals surface area (Å²) in [5.74, 6) is 0.942. The minimum Gasteiger partial charge on any atom is -0.357 e. The Morgan fingerprint density at radius 2 is 1.96 bits per heavy atom. The van der Waals surface area contributed by atoms with Crippen molar-refractivity contribution in [2.45, 2.75) is 26.8 Å². The molecule has 0 aliphatic heterocycles. The number of rotatable bonds is 6. The number of nitrogens with one attached hydrogen (secondary N) is 1. The van der Waals surface area contributed by atoms with Crippen LogP contribution in [0.2, 0.25) is 0 Å². The van der Waals surface area contributed by atoms with Gasteiger partial charge in [0.15, 0.2) is 5.96 Å². The molecule has 0 unspecified atom stereocenters. The largest absolute Gasteiger partial charge is 0.357 e. The SMILES string of the molecule is CCNC(=NCCc1cnn(C)c1)N(C)Cc1ccc(C)cc1.I. The van der Waals surface area contributed by atoms with Crippen LogP contribution in [-0.2, 0) is 20.0 Å². The van der Waals surface area contributed by atoms with Crippen LogP contribution in [0.15, 0.2) is 41.7 Å². The maximum Gasteiger partial charge on any atom is 0.193 e. The van der Waals surface area contributed by atoms with Gasteiger partial charge in [0.2, 0.25) is 0 Å². The quantitative estimate of drug-likeness (QED) is 0.426. The Morgan fingerprint density at radius 3 is 2.54 bits per heavy atom. The van der Waals surface area contributed by atoms with E-state index in [1.165, 1.54) is 16.7 Å². The maximum atomic E-state index is 4.73. The molecule has 2 aromatic rings. The lowest BCUT2D eigenvalue weighted by molar-refractivity contribution is 0.477. The Bertz CT molecular complexity index is 633. The first-order chi connectivity index (χ1) is 11.1. The zero-order chi connectivity index (χ0) is 16.7. The van der Waals surface area contributed by atoms with Crippen LogP contribution in [0, 0.1) is 6.92 Å². The summed E-state index contributed by atoms with van der Waals surface area (Å²) in [7, 11) is 4.01. The first kappa shape index (κ1) is 20.5. The Balaban J connectivity index is 0.00000288. The summed E-state index contributed by atoms with van der Waals surface area (Å²) in [5.41, 5.74) is 3.79. The molecule has 24 heavy (non-hydrogen) atoms. The Morgan fingerprint density at radius 1 is 1.25 bits per heavy atom. The second kappa shape index (κ2) is 10.3. The van der Waals surface area contributed by atoms with Crippen molar-refractivity contribution >= 4 is 29.9 Å². The van der Waals surface area contributed by atoms with E-state index in [1.807, 2.05) is 24.1 Å². The van der Waals surface area contributed by atoms with E-state index in [2.05, 4.69) is 60.5 Å². The summed E-state index contributed by atoms with van der Waals surface area (Å²) in [6, 6.07) is 8.64. The number of aromatic nitrogens is 2. The highest BCUT2D eigenvalue weighted by Gasteiger charge is 2.06. The predicted molar refractivity (Wildman–Crippen MR) is 111 cm³/mol. The van der Waals surface area contributed by atoms with Gasteiger partial charge in [-0.3, -0.25) is 9.67 Å². The predicted octanol–water partition coefficient (Wildman–Crippen LogP) is 2.99. The lowest BCUT2D eigenvalue weighted by Crippen LogP contribution is -2.38. The molecule has 1 heterocycles. The van der Waals surface area contributed by atoms with Gasteiger partial charge in [-0.1, -0.05) is 29.8 Å². The third kappa shape index (κ3) is 6.51. The minimum absolute atomic E-state index is 0. The van der Waals surface area contributed by atoms with Gasteiger partial charge in [0.05, 0.1) is 6.20 Å². The molecule has 132 valence electrons. The molecular weight excluding hydrogens is 413 g/mol. The summed E-state index contributed by atoms with van der Waals surface area (Å²) in [6.07, 6.45) is 4.85. The molecule has 2 rings (SSSR count). The molecule has 0 radical (unpaired) electrons. The van der Waals surface area contributed by atoms with Crippen LogP contribution in [0.4, 0.5) is 0 Å². The molecule has 6 heteroatoms. The van der Waals surface area contributed by atoms with Crippen molar-refractivity contribution in [3.8, 4) is 0 Å². The molecular formula is C18H28IN5. The number of halogens is 1. The van der Waals surface area contributed by atoms with Crippen LogP contribution in [-0.4, -0.2) is 40.8 Å². The monoisotopic (exact) mass is 441 g/mol. The van der Waals surface area contributed by atoms with Gasteiger partial charge < -0.3 is 10.2 Å². The molecule has 5 nitrogen and oxygen atoms in total. The van der Waals surface area contributed by atoms with Crippen molar-refractivity contribution in [3.05, 3.63) is 53.3 Å². The zero-order valence-electron chi connectivity index (χ0n) is 15.0. The van der Waals surface area contributed by atoms with Gasteiger partial charge in [-0.25, -0.2) is 0 Å². The topological polar surface area (TPSA) is 45.5 Å². The number of hydrogen-bond donors (Lipinski definition) is 1. The first-order valence-electron chi connectivity index (χ1n) is 8.11. The van der Waals surface area contributed by atoms with E-state index in [9.17, 15) is 0 Å². The molecule has 0 fully saturated rings. The summed E-state index contributed by atoms with van der Waals surface area (Å²) in [6.45, 7) is 6.67. The molecule has 0 aliphatic carbocycles. The normalized spacial score (nSPS) is 11.1. The van der Waals surface area contributed by atoms with Crippen molar-refractivity contribution in [1.82, 2.24) is 20.0 Å². The van der Waals surface area contributed by atoms with E-state index in [1.54, 1.807) is 0 Å². The number of benzene rings is 1. The zero-order valence-corrected chi connectivity index (χ0v) is 17.3. The van der Waals surface area contributed by atoms with Crippen molar-refractivity contribution < 1.29 is 0 Å². The molecule has 1 aromatic heterocycles. The summed E-state index contributed by atoms with van der Waals surface area (Å²) < 4.78 is 1.83. The lowest BCUT2D eigenvalue weighted by Gasteiger charge is -2.22. The average molecular weight is 441 g/mol. The fraction of sp³-hybridized carbons (Fsp3) is 0.444. The molecule has 0 atom stereocenters. The van der Waals surface area contributed by atoms with Crippen molar-refractivity contribution in [3.63, 3.8) is 0 Å². The van der Waals surface area contributed by atoms with E-state index in [4.69, 9.17) is 4.99 Å². The third-order valence-electron chi connectivity index (χ3n) is 3.66. The number of nitrogens with zero attached hydrogens (tertiary/aromatic N) is 4. The number of aliphatic imine (C=N–C) groups is 1. The Kier molecular flexibility index (Phi) is 8.81. The van der Waals surface area contributed by atoms with Crippen LogP contribution in [0.3, 0.4) is 0 Å². The molecule has 0 saturated carbocycles. The highest BCUT2D eigenvalue weighted by molar-refractivity contribution is 14.0. The van der Waals surface area contributed by atoms with Crippen molar-refractivity contribution in [1.29, 1.82) is 0 Å². The second-order valence-electron chi connectivity index (χ2n) is 5.85. The number of guanidine groups is 1. The highest BCUT2D eigenvalue weighted by Crippen LogP contribution is 2.06. The van der Waals surface area contributed by atoms with Crippen LogP contribution >= 0.6 is 24.0 Å². The van der Waals surface area contributed by atoms with Gasteiger partial charge in [-0.2, -0.15) is 5.10 Å². The van der Waals surface area contributed by atoms with Crippen LogP contribution in [0.5, 0.6) is 0 Å². The van der Waals surface area contributed by atoms with Gasteiger partial charge in [-0.05, 0) is 31.4 Å². The molecule has 0 bridgehead atoms. The number of hydrogen-bond acceptors (Lipinski definition) is 2. The van der Waals surface area contributed by atoms with Gasteiger partial charge >= 0.3 is 0 Å². The highest BCUT2D eigenvalue weighted by atomic mass is 127. The molecule has 0 saturated heterocycles. The number of aryl methyl sites for hydroxylation is 2. The average Bonchev–Trinajstić information content (AvgIpc) is 2.94. The van der Waals surface area contributed by atoms with Gasteiger partial charge in [0.25, 0.3) is 0 Å². The Hall–Kier alpha value is -1.57. The van der Waals surface area contributed by atoms with Crippen LogP contribution < -0.4 is 5.32 Å². The minimum atomic E-state index is 0. The van der Waals surface area contributed by atoms with Crippen LogP contribution in [0.1, 0.15) is 23.6 Å². The van der Waals surface area contributed by atoms with E-state index in [0.29, 0.717) is 0 Å². The molecule has 1 aromatic carbocycles. The summed E-state index contributed by atoms with van der Waals surface area (Å²) >= 11 is 0. The van der Waals surface area contributed by atoms with E-state index in [-0.39, 0.29) is 24.0 Å². The standard InChI is InChI=1S/C18H27N5.HI/c1-5-19-18(20-11-10-17-12-21-23(4)14-17)22(3)13-16-8-6-15(2)7-9-16;/h6-9,12,14H,5,10-11,13H2,1-4H3,(H,19,20);1H.